The van der Waals surface area contributed by atoms with Crippen LogP contribution in [0.2, 0.25) is 0 Å². The largest absolute Gasteiger partial charge is 0.311 e. The molecule has 1 saturated heterocycles. The number of thiophene rings is 1. The van der Waals surface area contributed by atoms with Crippen molar-refractivity contribution in [3.63, 3.8) is 0 Å². The SMILES string of the molecule is CC1SCCC1NCC(c1cccs1)N(C)C. The van der Waals surface area contributed by atoms with Crippen LogP contribution in [-0.2, 0) is 0 Å². The van der Waals surface area contributed by atoms with Crippen LogP contribution in [0.5, 0.6) is 0 Å². The van der Waals surface area contributed by atoms with Crippen LogP contribution in [0, 0.1) is 0 Å². The quantitative estimate of drug-likeness (QED) is 0.886. The predicted molar refractivity (Wildman–Crippen MR) is 79.1 cm³/mol. The predicted octanol–water partition coefficient (Wildman–Crippen LogP) is 2.83. The Labute approximate surface area is 113 Å². The number of rotatable bonds is 5. The molecule has 17 heavy (non-hydrogen) atoms. The first kappa shape index (κ1) is 13.4. The van der Waals surface area contributed by atoms with Gasteiger partial charge in [-0.2, -0.15) is 11.8 Å². The summed E-state index contributed by atoms with van der Waals surface area (Å²) in [5, 5.41) is 6.68. The van der Waals surface area contributed by atoms with Crippen LogP contribution in [0.25, 0.3) is 0 Å². The van der Waals surface area contributed by atoms with Crippen molar-refractivity contribution >= 4 is 23.1 Å². The molecule has 4 heteroatoms. The molecule has 1 aliphatic rings. The molecule has 0 spiro atoms. The van der Waals surface area contributed by atoms with Gasteiger partial charge in [0, 0.05) is 22.7 Å². The second-order valence-corrected chi connectivity index (χ2v) is 7.34. The summed E-state index contributed by atoms with van der Waals surface area (Å²) < 4.78 is 0. The van der Waals surface area contributed by atoms with Crippen LogP contribution in [-0.4, -0.2) is 42.6 Å². The van der Waals surface area contributed by atoms with E-state index in [4.69, 9.17) is 0 Å². The summed E-state index contributed by atoms with van der Waals surface area (Å²) in [6.45, 7) is 3.40. The van der Waals surface area contributed by atoms with Gasteiger partial charge < -0.3 is 10.2 Å². The summed E-state index contributed by atoms with van der Waals surface area (Å²) in [6.07, 6.45) is 1.32. The Bertz CT molecular complexity index is 324. The van der Waals surface area contributed by atoms with Crippen molar-refractivity contribution in [1.29, 1.82) is 0 Å². The van der Waals surface area contributed by atoms with Crippen molar-refractivity contribution in [2.45, 2.75) is 30.7 Å². The molecule has 1 fully saturated rings. The number of nitrogens with zero attached hydrogens (tertiary/aromatic N) is 1. The second kappa shape index (κ2) is 6.23. The Hall–Kier alpha value is -0.0300. The normalized spacial score (nSPS) is 26.6. The van der Waals surface area contributed by atoms with E-state index in [0.29, 0.717) is 12.1 Å². The molecule has 2 rings (SSSR count). The summed E-state index contributed by atoms with van der Waals surface area (Å²) >= 11 is 3.95. The molecular weight excluding hydrogens is 248 g/mol. The number of nitrogens with one attached hydrogen (secondary N) is 1. The molecule has 2 nitrogen and oxygen atoms in total. The first-order valence-corrected chi connectivity index (χ1v) is 8.16. The maximum atomic E-state index is 3.75. The number of hydrogen-bond donors (Lipinski definition) is 1. The van der Waals surface area contributed by atoms with Crippen LogP contribution < -0.4 is 5.32 Å². The summed E-state index contributed by atoms with van der Waals surface area (Å²) in [5.74, 6) is 1.31. The highest BCUT2D eigenvalue weighted by Crippen LogP contribution is 2.27. The van der Waals surface area contributed by atoms with Crippen molar-refractivity contribution in [3.8, 4) is 0 Å². The molecule has 2 heterocycles. The van der Waals surface area contributed by atoms with Crippen LogP contribution >= 0.6 is 23.1 Å². The minimum absolute atomic E-state index is 0.507. The molecule has 0 saturated carbocycles. The molecule has 0 amide bonds. The van der Waals surface area contributed by atoms with Gasteiger partial charge >= 0.3 is 0 Å². The minimum Gasteiger partial charge on any atom is -0.311 e. The fraction of sp³-hybridized carbons (Fsp3) is 0.692. The lowest BCUT2D eigenvalue weighted by molar-refractivity contribution is 0.282. The van der Waals surface area contributed by atoms with Gasteiger partial charge in [0.2, 0.25) is 0 Å². The van der Waals surface area contributed by atoms with E-state index in [1.54, 1.807) is 0 Å². The summed E-state index contributed by atoms with van der Waals surface area (Å²) in [5.41, 5.74) is 0. The van der Waals surface area contributed by atoms with Crippen LogP contribution in [0.4, 0.5) is 0 Å². The summed E-state index contributed by atoms with van der Waals surface area (Å²) in [7, 11) is 4.33. The van der Waals surface area contributed by atoms with Gasteiger partial charge in [0.1, 0.15) is 0 Å². The van der Waals surface area contributed by atoms with E-state index in [0.717, 1.165) is 11.8 Å². The van der Waals surface area contributed by atoms with Crippen molar-refractivity contribution in [1.82, 2.24) is 10.2 Å². The molecule has 0 bridgehead atoms. The van der Waals surface area contributed by atoms with E-state index in [2.05, 4.69) is 60.5 Å². The Balaban J connectivity index is 1.90. The molecule has 1 N–H and O–H groups in total. The molecule has 0 aliphatic carbocycles. The fourth-order valence-electron chi connectivity index (χ4n) is 2.28. The van der Waals surface area contributed by atoms with Crippen molar-refractivity contribution in [2.75, 3.05) is 26.4 Å². The maximum absolute atomic E-state index is 3.75. The molecule has 3 unspecified atom stereocenters. The molecular formula is C13H22N2S2. The smallest absolute Gasteiger partial charge is 0.0561 e. The Morgan fingerprint density at radius 3 is 2.88 bits per heavy atom. The third-order valence-corrected chi connectivity index (χ3v) is 5.74. The number of thioether (sulfide) groups is 1. The zero-order valence-corrected chi connectivity index (χ0v) is 12.5. The molecule has 0 aromatic carbocycles. The topological polar surface area (TPSA) is 15.3 Å². The Kier molecular flexibility index (Phi) is 4.91. The van der Waals surface area contributed by atoms with Gasteiger partial charge in [0.25, 0.3) is 0 Å². The van der Waals surface area contributed by atoms with Gasteiger partial charge in [-0.1, -0.05) is 13.0 Å². The standard InChI is InChI=1S/C13H22N2S2/c1-10-11(6-8-16-10)14-9-12(15(2)3)13-5-4-7-17-13/h4-5,7,10-12,14H,6,8-9H2,1-3H3. The van der Waals surface area contributed by atoms with Crippen LogP contribution in [0.15, 0.2) is 17.5 Å². The van der Waals surface area contributed by atoms with Gasteiger partial charge in [0.05, 0.1) is 6.04 Å². The van der Waals surface area contributed by atoms with Gasteiger partial charge in [0.15, 0.2) is 0 Å². The van der Waals surface area contributed by atoms with E-state index in [1.165, 1.54) is 17.1 Å². The van der Waals surface area contributed by atoms with E-state index in [9.17, 15) is 0 Å². The molecule has 96 valence electrons. The van der Waals surface area contributed by atoms with E-state index >= 15 is 0 Å². The maximum Gasteiger partial charge on any atom is 0.0561 e. The summed E-state index contributed by atoms with van der Waals surface area (Å²) in [6, 6.07) is 5.59. The van der Waals surface area contributed by atoms with Gasteiger partial charge in [-0.15, -0.1) is 11.3 Å². The van der Waals surface area contributed by atoms with E-state index in [1.807, 2.05) is 11.3 Å². The first-order chi connectivity index (χ1) is 8.18. The lowest BCUT2D eigenvalue weighted by Gasteiger charge is -2.26. The third kappa shape index (κ3) is 3.47. The number of hydrogen-bond acceptors (Lipinski definition) is 4. The second-order valence-electron chi connectivity index (χ2n) is 4.87. The van der Waals surface area contributed by atoms with Crippen molar-refractivity contribution in [3.05, 3.63) is 22.4 Å². The average molecular weight is 270 g/mol. The van der Waals surface area contributed by atoms with E-state index < -0.39 is 0 Å². The Morgan fingerprint density at radius 2 is 2.35 bits per heavy atom. The van der Waals surface area contributed by atoms with Gasteiger partial charge in [-0.25, -0.2) is 0 Å². The zero-order valence-electron chi connectivity index (χ0n) is 10.8. The van der Waals surface area contributed by atoms with Gasteiger partial charge in [-0.3, -0.25) is 0 Å². The molecule has 3 atom stereocenters. The molecule has 1 aliphatic heterocycles. The highest BCUT2D eigenvalue weighted by atomic mass is 32.2. The van der Waals surface area contributed by atoms with E-state index in [-0.39, 0.29) is 0 Å². The highest BCUT2D eigenvalue weighted by molar-refractivity contribution is 8.00. The Morgan fingerprint density at radius 1 is 1.53 bits per heavy atom. The molecule has 1 aromatic rings. The lowest BCUT2D eigenvalue weighted by Crippen LogP contribution is -2.39. The highest BCUT2D eigenvalue weighted by Gasteiger charge is 2.25. The van der Waals surface area contributed by atoms with Gasteiger partial charge in [-0.05, 0) is 37.7 Å². The minimum atomic E-state index is 0.507. The van der Waals surface area contributed by atoms with Crippen molar-refractivity contribution in [2.24, 2.45) is 0 Å². The zero-order chi connectivity index (χ0) is 12.3. The molecule has 0 radical (unpaired) electrons. The van der Waals surface area contributed by atoms with Crippen LogP contribution in [0.1, 0.15) is 24.3 Å². The monoisotopic (exact) mass is 270 g/mol. The average Bonchev–Trinajstić information content (AvgIpc) is 2.91. The third-order valence-electron chi connectivity index (χ3n) is 3.44. The molecule has 1 aromatic heterocycles. The number of likely N-dealkylation sites (N-methyl/N-ethyl adjacent to an activating group) is 1. The fourth-order valence-corrected chi connectivity index (χ4v) is 4.43. The van der Waals surface area contributed by atoms with Crippen molar-refractivity contribution < 1.29 is 0 Å². The first-order valence-electron chi connectivity index (χ1n) is 6.23. The van der Waals surface area contributed by atoms with Crippen LogP contribution in [0.3, 0.4) is 0 Å². The lowest BCUT2D eigenvalue weighted by atomic mass is 10.1. The summed E-state index contributed by atoms with van der Waals surface area (Å²) in [4.78, 5) is 3.77.